The average molecular weight is 208 g/mol. The smallest absolute Gasteiger partial charge is 0.281 e. The van der Waals surface area contributed by atoms with E-state index >= 15 is 0 Å². The first-order valence-electron chi connectivity index (χ1n) is 4.24. The third kappa shape index (κ3) is 1.20. The van der Waals surface area contributed by atoms with Crippen LogP contribution in [0.1, 0.15) is 11.3 Å². The maximum atomic E-state index is 11.3. The second kappa shape index (κ2) is 2.91. The highest BCUT2D eigenvalue weighted by Gasteiger charge is 2.21. The molecule has 0 atom stereocenters. The summed E-state index contributed by atoms with van der Waals surface area (Å²) in [7, 11) is 0. The molecule has 78 valence electrons. The minimum Gasteiger partial charge on any atom is -0.281 e. The Morgan fingerprint density at radius 3 is 2.60 bits per heavy atom. The van der Waals surface area contributed by atoms with Crippen molar-refractivity contribution in [3.05, 3.63) is 31.7 Å². The van der Waals surface area contributed by atoms with Crippen LogP contribution in [-0.2, 0) is 0 Å². The Morgan fingerprint density at radius 1 is 1.33 bits per heavy atom. The van der Waals surface area contributed by atoms with E-state index in [0.29, 0.717) is 16.9 Å². The molecule has 0 aliphatic heterocycles. The van der Waals surface area contributed by atoms with Gasteiger partial charge in [-0.2, -0.15) is 0 Å². The average Bonchev–Trinajstić information content (AvgIpc) is 2.46. The maximum absolute atomic E-state index is 11.3. The van der Waals surface area contributed by atoms with Gasteiger partial charge in [0.2, 0.25) is 0 Å². The van der Waals surface area contributed by atoms with Crippen molar-refractivity contribution in [3.8, 4) is 0 Å². The molecule has 0 aliphatic carbocycles. The standard InChI is InChI=1S/C8H8N4O3/c1-3-5-7(10-11-8(5)13)9-4(2)6(3)12(14)15/h1-2H3,(H2,9,10,11,13). The number of nitrogens with one attached hydrogen (secondary N) is 2. The Bertz CT molecular complexity index is 610. The number of hydrogen-bond donors (Lipinski definition) is 2. The zero-order valence-corrected chi connectivity index (χ0v) is 8.12. The van der Waals surface area contributed by atoms with Gasteiger partial charge in [-0.15, -0.1) is 0 Å². The Balaban J connectivity index is 3.00. The zero-order valence-electron chi connectivity index (χ0n) is 8.12. The van der Waals surface area contributed by atoms with Gasteiger partial charge in [0, 0.05) is 5.56 Å². The van der Waals surface area contributed by atoms with Crippen molar-refractivity contribution in [1.29, 1.82) is 0 Å². The number of nitro groups is 1. The summed E-state index contributed by atoms with van der Waals surface area (Å²) >= 11 is 0. The lowest BCUT2D eigenvalue weighted by molar-refractivity contribution is -0.386. The number of aromatic amines is 2. The van der Waals surface area contributed by atoms with Crippen molar-refractivity contribution >= 4 is 16.7 Å². The Hall–Kier alpha value is -2.18. The summed E-state index contributed by atoms with van der Waals surface area (Å²) in [5, 5.41) is 15.9. The first-order valence-corrected chi connectivity index (χ1v) is 4.24. The second-order valence-electron chi connectivity index (χ2n) is 3.23. The van der Waals surface area contributed by atoms with Crippen molar-refractivity contribution in [2.24, 2.45) is 0 Å². The van der Waals surface area contributed by atoms with E-state index in [1.807, 2.05) is 0 Å². The van der Waals surface area contributed by atoms with Crippen LogP contribution in [0, 0.1) is 24.0 Å². The van der Waals surface area contributed by atoms with Crippen LogP contribution in [0.5, 0.6) is 0 Å². The molecule has 7 heteroatoms. The van der Waals surface area contributed by atoms with E-state index in [2.05, 4.69) is 15.2 Å². The summed E-state index contributed by atoms with van der Waals surface area (Å²) in [4.78, 5) is 25.5. The van der Waals surface area contributed by atoms with Gasteiger partial charge in [0.1, 0.15) is 5.69 Å². The molecule has 0 fully saturated rings. The number of hydrogen-bond acceptors (Lipinski definition) is 4. The summed E-state index contributed by atoms with van der Waals surface area (Å²) in [5.74, 6) is 0. The summed E-state index contributed by atoms with van der Waals surface area (Å²) in [6.45, 7) is 3.08. The van der Waals surface area contributed by atoms with Crippen molar-refractivity contribution < 1.29 is 4.92 Å². The van der Waals surface area contributed by atoms with E-state index in [0.717, 1.165) is 0 Å². The SMILES string of the molecule is Cc1nc2[nH][nH]c(=O)c2c(C)c1[N+](=O)[O-]. The van der Waals surface area contributed by atoms with Gasteiger partial charge >= 0.3 is 0 Å². The molecule has 0 spiro atoms. The molecule has 2 N–H and O–H groups in total. The van der Waals surface area contributed by atoms with Crippen molar-refractivity contribution in [3.63, 3.8) is 0 Å². The molecule has 15 heavy (non-hydrogen) atoms. The van der Waals surface area contributed by atoms with Gasteiger partial charge in [-0.1, -0.05) is 0 Å². The van der Waals surface area contributed by atoms with Gasteiger partial charge in [-0.25, -0.2) is 4.98 Å². The van der Waals surface area contributed by atoms with Crippen molar-refractivity contribution in [2.75, 3.05) is 0 Å². The third-order valence-electron chi connectivity index (χ3n) is 2.29. The van der Waals surface area contributed by atoms with E-state index in [9.17, 15) is 14.9 Å². The molecule has 2 aromatic heterocycles. The summed E-state index contributed by atoms with van der Waals surface area (Å²) in [6, 6.07) is 0. The number of pyridine rings is 1. The molecular weight excluding hydrogens is 200 g/mol. The molecule has 2 aromatic rings. The quantitative estimate of drug-likeness (QED) is 0.533. The number of fused-ring (bicyclic) bond motifs is 1. The number of nitrogens with zero attached hydrogens (tertiary/aromatic N) is 2. The molecule has 0 aromatic carbocycles. The lowest BCUT2D eigenvalue weighted by Crippen LogP contribution is -2.04. The number of aryl methyl sites for hydroxylation is 2. The number of aromatic nitrogens is 3. The first kappa shape index (κ1) is 9.38. The fraction of sp³-hybridized carbons (Fsp3) is 0.250. The highest BCUT2D eigenvalue weighted by atomic mass is 16.6. The van der Waals surface area contributed by atoms with Crippen LogP contribution in [0.2, 0.25) is 0 Å². The van der Waals surface area contributed by atoms with Crippen LogP contribution in [0.15, 0.2) is 4.79 Å². The van der Waals surface area contributed by atoms with Crippen LogP contribution < -0.4 is 5.56 Å². The van der Waals surface area contributed by atoms with E-state index in [1.54, 1.807) is 0 Å². The largest absolute Gasteiger partial charge is 0.294 e. The second-order valence-corrected chi connectivity index (χ2v) is 3.23. The molecule has 0 radical (unpaired) electrons. The lowest BCUT2D eigenvalue weighted by atomic mass is 10.1. The van der Waals surface area contributed by atoms with Gasteiger partial charge in [0.15, 0.2) is 5.65 Å². The van der Waals surface area contributed by atoms with Gasteiger partial charge in [-0.05, 0) is 13.8 Å². The van der Waals surface area contributed by atoms with Crippen LogP contribution in [0.4, 0.5) is 5.69 Å². The van der Waals surface area contributed by atoms with Gasteiger partial charge in [0.05, 0.1) is 10.3 Å². The maximum Gasteiger partial charge on any atom is 0.294 e. The Kier molecular flexibility index (Phi) is 1.82. The third-order valence-corrected chi connectivity index (χ3v) is 2.29. The van der Waals surface area contributed by atoms with Crippen molar-refractivity contribution in [1.82, 2.24) is 15.2 Å². The number of H-pyrrole nitrogens is 2. The van der Waals surface area contributed by atoms with Crippen molar-refractivity contribution in [2.45, 2.75) is 13.8 Å². The fourth-order valence-electron chi connectivity index (χ4n) is 1.66. The molecule has 0 aliphatic rings. The van der Waals surface area contributed by atoms with E-state index in [-0.39, 0.29) is 11.1 Å². The summed E-state index contributed by atoms with van der Waals surface area (Å²) in [5.41, 5.74) is 0.483. The summed E-state index contributed by atoms with van der Waals surface area (Å²) < 4.78 is 0. The normalized spacial score (nSPS) is 10.8. The molecule has 0 amide bonds. The number of rotatable bonds is 1. The van der Waals surface area contributed by atoms with Crippen LogP contribution in [0.25, 0.3) is 11.0 Å². The van der Waals surface area contributed by atoms with Crippen LogP contribution >= 0.6 is 0 Å². The van der Waals surface area contributed by atoms with E-state index < -0.39 is 10.5 Å². The predicted molar refractivity (Wildman–Crippen MR) is 52.8 cm³/mol. The zero-order chi connectivity index (χ0) is 11.2. The first-order chi connectivity index (χ1) is 7.02. The molecule has 2 rings (SSSR count). The molecule has 0 unspecified atom stereocenters. The molecule has 0 saturated heterocycles. The highest BCUT2D eigenvalue weighted by Crippen LogP contribution is 2.25. The van der Waals surface area contributed by atoms with Crippen LogP contribution in [-0.4, -0.2) is 20.1 Å². The van der Waals surface area contributed by atoms with Crippen LogP contribution in [0.3, 0.4) is 0 Å². The fourth-order valence-corrected chi connectivity index (χ4v) is 1.66. The topological polar surface area (TPSA) is 105 Å². The van der Waals surface area contributed by atoms with Gasteiger partial charge in [0.25, 0.3) is 11.2 Å². The summed E-state index contributed by atoms with van der Waals surface area (Å²) in [6.07, 6.45) is 0. The molecule has 2 heterocycles. The molecular formula is C8H8N4O3. The van der Waals surface area contributed by atoms with Gasteiger partial charge < -0.3 is 0 Å². The minimum atomic E-state index is -0.524. The molecule has 0 bridgehead atoms. The predicted octanol–water partition coefficient (Wildman–Crippen LogP) is 0.776. The molecule has 7 nitrogen and oxygen atoms in total. The van der Waals surface area contributed by atoms with Gasteiger partial charge in [-0.3, -0.25) is 25.1 Å². The van der Waals surface area contributed by atoms with E-state index in [1.165, 1.54) is 13.8 Å². The molecule has 0 saturated carbocycles. The monoisotopic (exact) mass is 208 g/mol. The Morgan fingerprint density at radius 2 is 2.00 bits per heavy atom. The lowest BCUT2D eigenvalue weighted by Gasteiger charge is -2.00. The highest BCUT2D eigenvalue weighted by molar-refractivity contribution is 5.81. The van der Waals surface area contributed by atoms with E-state index in [4.69, 9.17) is 0 Å². The Labute approximate surface area is 83.3 Å². The minimum absolute atomic E-state index is 0.104.